The van der Waals surface area contributed by atoms with Gasteiger partial charge in [0.2, 0.25) is 0 Å². The maximum absolute atomic E-state index is 12.6. The molecule has 0 bridgehead atoms. The summed E-state index contributed by atoms with van der Waals surface area (Å²) in [6.07, 6.45) is 1.64. The second kappa shape index (κ2) is 8.10. The number of anilines is 1. The standard InChI is InChI=1S/C21H18ClNO4/c1-3-9-23(15-7-5-4-6-8-15)20(24)13-26-19-12-18-16(11-17(19)22)14(2)10-21(25)27-18/h3-8,10-12H,1,9,13H2,2H3. The molecule has 6 heteroatoms. The molecule has 0 saturated carbocycles. The second-order valence-electron chi connectivity index (χ2n) is 5.94. The lowest BCUT2D eigenvalue weighted by Gasteiger charge is -2.21. The Morgan fingerprint density at radius 2 is 2.00 bits per heavy atom. The van der Waals surface area contributed by atoms with E-state index in [1.165, 1.54) is 12.1 Å². The Labute approximate surface area is 161 Å². The summed E-state index contributed by atoms with van der Waals surface area (Å²) >= 11 is 6.27. The molecule has 0 N–H and O–H groups in total. The number of carbonyl (C=O) groups is 1. The van der Waals surface area contributed by atoms with E-state index in [1.54, 1.807) is 24.0 Å². The number of hydrogen-bond acceptors (Lipinski definition) is 4. The van der Waals surface area contributed by atoms with Gasteiger partial charge in [0.1, 0.15) is 11.3 Å². The fourth-order valence-corrected chi connectivity index (χ4v) is 2.95. The first kappa shape index (κ1) is 18.7. The lowest BCUT2D eigenvalue weighted by molar-refractivity contribution is -0.120. The molecule has 0 aliphatic rings. The molecule has 0 radical (unpaired) electrons. The van der Waals surface area contributed by atoms with Crippen LogP contribution >= 0.6 is 11.6 Å². The fraction of sp³-hybridized carbons (Fsp3) is 0.143. The number of halogens is 1. The second-order valence-corrected chi connectivity index (χ2v) is 6.35. The first-order valence-corrected chi connectivity index (χ1v) is 8.70. The van der Waals surface area contributed by atoms with Crippen molar-refractivity contribution in [2.24, 2.45) is 0 Å². The zero-order valence-corrected chi connectivity index (χ0v) is 15.5. The van der Waals surface area contributed by atoms with Gasteiger partial charge in [-0.2, -0.15) is 0 Å². The molecule has 1 heterocycles. The van der Waals surface area contributed by atoms with E-state index in [0.717, 1.165) is 16.6 Å². The molecule has 0 atom stereocenters. The number of ether oxygens (including phenoxy) is 1. The van der Waals surface area contributed by atoms with Crippen LogP contribution in [0.15, 0.2) is 70.4 Å². The van der Waals surface area contributed by atoms with E-state index in [-0.39, 0.29) is 18.3 Å². The van der Waals surface area contributed by atoms with Crippen LogP contribution in [0.1, 0.15) is 5.56 Å². The van der Waals surface area contributed by atoms with E-state index >= 15 is 0 Å². The van der Waals surface area contributed by atoms with Gasteiger partial charge in [0, 0.05) is 29.8 Å². The predicted octanol–water partition coefficient (Wildman–Crippen LogP) is 4.35. The van der Waals surface area contributed by atoms with E-state index < -0.39 is 5.63 Å². The molecule has 3 aromatic rings. The average molecular weight is 384 g/mol. The summed E-state index contributed by atoms with van der Waals surface area (Å²) in [7, 11) is 0. The number of rotatable bonds is 6. The number of amides is 1. The van der Waals surface area contributed by atoms with Crippen molar-refractivity contribution in [2.75, 3.05) is 18.1 Å². The van der Waals surface area contributed by atoms with Gasteiger partial charge in [-0.1, -0.05) is 35.9 Å². The number of para-hydroxylation sites is 1. The summed E-state index contributed by atoms with van der Waals surface area (Å²) in [6, 6.07) is 13.8. The molecule has 5 nitrogen and oxygen atoms in total. The Hall–Kier alpha value is -3.05. The SMILES string of the molecule is C=CCN(C(=O)COc1cc2oc(=O)cc(C)c2cc1Cl)c1ccccc1. The summed E-state index contributed by atoms with van der Waals surface area (Å²) in [4.78, 5) is 25.8. The molecule has 0 aliphatic carbocycles. The molecule has 0 aliphatic heterocycles. The first-order valence-electron chi connectivity index (χ1n) is 8.32. The van der Waals surface area contributed by atoms with Crippen LogP contribution in [-0.2, 0) is 4.79 Å². The van der Waals surface area contributed by atoms with Crippen LogP contribution in [0.4, 0.5) is 5.69 Å². The van der Waals surface area contributed by atoms with Gasteiger partial charge >= 0.3 is 5.63 Å². The van der Waals surface area contributed by atoms with Gasteiger partial charge in [0.15, 0.2) is 6.61 Å². The minimum atomic E-state index is -0.453. The molecule has 0 fully saturated rings. The third kappa shape index (κ3) is 4.20. The first-order chi connectivity index (χ1) is 13.0. The van der Waals surface area contributed by atoms with Crippen LogP contribution in [0.2, 0.25) is 5.02 Å². The minimum Gasteiger partial charge on any atom is -0.482 e. The summed E-state index contributed by atoms with van der Waals surface area (Å²) in [5.41, 5.74) is 1.41. The molecule has 1 aromatic heterocycles. The highest BCUT2D eigenvalue weighted by molar-refractivity contribution is 6.32. The maximum Gasteiger partial charge on any atom is 0.336 e. The third-order valence-corrected chi connectivity index (χ3v) is 4.33. The van der Waals surface area contributed by atoms with E-state index in [4.69, 9.17) is 20.8 Å². The number of fused-ring (bicyclic) bond motifs is 1. The van der Waals surface area contributed by atoms with Crippen LogP contribution in [0.5, 0.6) is 5.75 Å². The zero-order chi connectivity index (χ0) is 19.4. The molecular weight excluding hydrogens is 366 g/mol. The summed E-state index contributed by atoms with van der Waals surface area (Å²) in [5, 5.41) is 1.05. The van der Waals surface area contributed by atoms with Gasteiger partial charge < -0.3 is 14.1 Å². The highest BCUT2D eigenvalue weighted by Crippen LogP contribution is 2.31. The molecule has 27 heavy (non-hydrogen) atoms. The van der Waals surface area contributed by atoms with Gasteiger partial charge in [-0.15, -0.1) is 6.58 Å². The number of nitrogens with zero attached hydrogens (tertiary/aromatic N) is 1. The normalized spacial score (nSPS) is 10.6. The Kier molecular flexibility index (Phi) is 5.62. The smallest absolute Gasteiger partial charge is 0.336 e. The molecule has 2 aromatic carbocycles. The Morgan fingerprint density at radius 1 is 1.26 bits per heavy atom. The Bertz CT molecular complexity index is 1040. The summed E-state index contributed by atoms with van der Waals surface area (Å²) in [6.45, 7) is 5.63. The monoisotopic (exact) mass is 383 g/mol. The van der Waals surface area contributed by atoms with Crippen LogP contribution in [0.25, 0.3) is 11.0 Å². The van der Waals surface area contributed by atoms with Crippen LogP contribution in [0, 0.1) is 6.92 Å². The van der Waals surface area contributed by atoms with Crippen molar-refractivity contribution in [1.29, 1.82) is 0 Å². The topological polar surface area (TPSA) is 59.8 Å². The van der Waals surface area contributed by atoms with E-state index in [0.29, 0.717) is 17.2 Å². The largest absolute Gasteiger partial charge is 0.482 e. The zero-order valence-electron chi connectivity index (χ0n) is 14.8. The Morgan fingerprint density at radius 3 is 2.70 bits per heavy atom. The summed E-state index contributed by atoms with van der Waals surface area (Å²) < 4.78 is 10.8. The van der Waals surface area contributed by atoms with E-state index in [9.17, 15) is 9.59 Å². The highest BCUT2D eigenvalue weighted by Gasteiger charge is 2.16. The van der Waals surface area contributed by atoms with Crippen molar-refractivity contribution >= 4 is 34.2 Å². The van der Waals surface area contributed by atoms with Crippen molar-refractivity contribution in [3.63, 3.8) is 0 Å². The summed E-state index contributed by atoms with van der Waals surface area (Å²) in [5.74, 6) is 0.0286. The molecule has 0 spiro atoms. The number of hydrogen-bond donors (Lipinski definition) is 0. The third-order valence-electron chi connectivity index (χ3n) is 4.04. The molecule has 3 rings (SSSR count). The quantitative estimate of drug-likeness (QED) is 0.469. The average Bonchev–Trinajstić information content (AvgIpc) is 2.65. The number of carbonyl (C=O) groups excluding carboxylic acids is 1. The van der Waals surface area contributed by atoms with Gasteiger partial charge in [0.25, 0.3) is 5.91 Å². The number of aryl methyl sites for hydroxylation is 1. The highest BCUT2D eigenvalue weighted by atomic mass is 35.5. The molecule has 1 amide bonds. The lowest BCUT2D eigenvalue weighted by atomic mass is 10.1. The van der Waals surface area contributed by atoms with Crippen LogP contribution in [-0.4, -0.2) is 19.1 Å². The van der Waals surface area contributed by atoms with Gasteiger partial charge in [0.05, 0.1) is 5.02 Å². The fourth-order valence-electron chi connectivity index (χ4n) is 2.74. The van der Waals surface area contributed by atoms with E-state index in [2.05, 4.69) is 6.58 Å². The van der Waals surface area contributed by atoms with Crippen molar-refractivity contribution in [3.8, 4) is 5.75 Å². The van der Waals surface area contributed by atoms with E-state index in [1.807, 2.05) is 30.3 Å². The molecule has 138 valence electrons. The molecule has 0 saturated heterocycles. The maximum atomic E-state index is 12.6. The minimum absolute atomic E-state index is 0.218. The van der Waals surface area contributed by atoms with Crippen molar-refractivity contribution in [1.82, 2.24) is 0 Å². The van der Waals surface area contributed by atoms with Crippen LogP contribution < -0.4 is 15.3 Å². The van der Waals surface area contributed by atoms with Crippen molar-refractivity contribution in [2.45, 2.75) is 6.92 Å². The van der Waals surface area contributed by atoms with Crippen LogP contribution in [0.3, 0.4) is 0 Å². The van der Waals surface area contributed by atoms with Gasteiger partial charge in [-0.3, -0.25) is 4.79 Å². The van der Waals surface area contributed by atoms with Gasteiger partial charge in [-0.25, -0.2) is 4.79 Å². The Balaban J connectivity index is 1.82. The molecule has 0 unspecified atom stereocenters. The predicted molar refractivity (Wildman–Crippen MR) is 107 cm³/mol. The van der Waals surface area contributed by atoms with Crippen molar-refractivity contribution < 1.29 is 13.9 Å². The van der Waals surface area contributed by atoms with Crippen molar-refractivity contribution in [3.05, 3.63) is 82.2 Å². The molecular formula is C21H18ClNO4. The van der Waals surface area contributed by atoms with Gasteiger partial charge in [-0.05, 0) is 30.7 Å². The lowest BCUT2D eigenvalue weighted by Crippen LogP contribution is -2.35. The number of benzene rings is 2.